The third-order valence-corrected chi connectivity index (χ3v) is 3.06. The van der Waals surface area contributed by atoms with Crippen molar-refractivity contribution in [1.29, 1.82) is 0 Å². The van der Waals surface area contributed by atoms with E-state index in [2.05, 4.69) is 0 Å². The van der Waals surface area contributed by atoms with Crippen LogP contribution < -0.4 is 0 Å². The zero-order valence-corrected chi connectivity index (χ0v) is 10.1. The van der Waals surface area contributed by atoms with Gasteiger partial charge in [-0.3, -0.25) is 0 Å². The molecule has 2 nitrogen and oxygen atoms in total. The molecule has 0 bridgehead atoms. The summed E-state index contributed by atoms with van der Waals surface area (Å²) in [5.74, 6) is 0.758. The Morgan fingerprint density at radius 1 is 1.12 bits per heavy atom. The van der Waals surface area contributed by atoms with Crippen LogP contribution in [0.4, 0.5) is 0 Å². The van der Waals surface area contributed by atoms with Gasteiger partial charge in [0.25, 0.3) is 0 Å². The first-order valence-electron chi connectivity index (χ1n) is 4.76. The van der Waals surface area contributed by atoms with Crippen molar-refractivity contribution in [3.63, 3.8) is 0 Å². The van der Waals surface area contributed by atoms with E-state index < -0.39 is 6.10 Å². The number of benzene rings is 1. The first-order valence-corrected chi connectivity index (χ1v) is 5.51. The predicted molar refractivity (Wildman–Crippen MR) is 64.0 cm³/mol. The number of aliphatic hydroxyl groups excluding tert-OH is 1. The lowest BCUT2D eigenvalue weighted by molar-refractivity contribution is 0.219. The van der Waals surface area contributed by atoms with Gasteiger partial charge >= 0.3 is 0 Å². The monoisotopic (exact) mass is 256 g/mol. The minimum Gasteiger partial charge on any atom is -0.469 e. The molecule has 1 N–H and O–H groups in total. The Balaban J connectivity index is 2.33. The molecule has 0 amide bonds. The molecule has 84 valence electrons. The van der Waals surface area contributed by atoms with E-state index in [1.54, 1.807) is 24.3 Å². The molecule has 2 aromatic rings. The Bertz CT molecular complexity index is 505. The number of aliphatic hydroxyl groups is 1. The SMILES string of the molecule is Cc1cc(C(O)c2ccc(Cl)c(Cl)c2)co1. The van der Waals surface area contributed by atoms with Crippen LogP contribution in [0.2, 0.25) is 10.0 Å². The summed E-state index contributed by atoms with van der Waals surface area (Å²) in [6.07, 6.45) is 0.787. The normalized spacial score (nSPS) is 12.8. The standard InChI is InChI=1S/C12H10Cl2O2/c1-7-4-9(6-16-7)12(15)8-2-3-10(13)11(14)5-8/h2-6,12,15H,1H3. The van der Waals surface area contributed by atoms with Crippen molar-refractivity contribution in [3.05, 3.63) is 57.5 Å². The maximum atomic E-state index is 10.1. The fourth-order valence-electron chi connectivity index (χ4n) is 1.48. The van der Waals surface area contributed by atoms with Gasteiger partial charge < -0.3 is 9.52 Å². The lowest BCUT2D eigenvalue weighted by atomic mass is 10.0. The van der Waals surface area contributed by atoms with Crippen molar-refractivity contribution in [1.82, 2.24) is 0 Å². The fourth-order valence-corrected chi connectivity index (χ4v) is 1.79. The average Bonchev–Trinajstić information content (AvgIpc) is 2.68. The topological polar surface area (TPSA) is 33.4 Å². The van der Waals surface area contributed by atoms with Gasteiger partial charge in [0, 0.05) is 5.56 Å². The zero-order valence-electron chi connectivity index (χ0n) is 8.58. The molecule has 1 heterocycles. The summed E-state index contributed by atoms with van der Waals surface area (Å²) >= 11 is 11.7. The third kappa shape index (κ3) is 2.24. The van der Waals surface area contributed by atoms with Crippen molar-refractivity contribution in [2.75, 3.05) is 0 Å². The van der Waals surface area contributed by atoms with Gasteiger partial charge in [0.15, 0.2) is 0 Å². The smallest absolute Gasteiger partial charge is 0.107 e. The Labute approximate surface area is 103 Å². The minimum absolute atomic E-state index is 0.429. The van der Waals surface area contributed by atoms with Crippen LogP contribution in [0.15, 0.2) is 34.9 Å². The lowest BCUT2D eigenvalue weighted by Gasteiger charge is -2.09. The van der Waals surface area contributed by atoms with E-state index in [4.69, 9.17) is 27.6 Å². The van der Waals surface area contributed by atoms with E-state index in [1.807, 2.05) is 6.92 Å². The van der Waals surface area contributed by atoms with Crippen molar-refractivity contribution in [2.24, 2.45) is 0 Å². The first kappa shape index (κ1) is 11.5. The second-order valence-corrected chi connectivity index (χ2v) is 4.38. The van der Waals surface area contributed by atoms with Crippen molar-refractivity contribution >= 4 is 23.2 Å². The first-order chi connectivity index (χ1) is 7.58. The summed E-state index contributed by atoms with van der Waals surface area (Å²) in [6.45, 7) is 1.82. The Kier molecular flexibility index (Phi) is 3.24. The summed E-state index contributed by atoms with van der Waals surface area (Å²) in [6, 6.07) is 6.83. The lowest BCUT2D eigenvalue weighted by Crippen LogP contribution is -1.97. The number of hydrogen-bond donors (Lipinski definition) is 1. The predicted octanol–water partition coefficient (Wildman–Crippen LogP) is 3.98. The number of rotatable bonds is 2. The summed E-state index contributed by atoms with van der Waals surface area (Å²) in [5, 5.41) is 11.0. The van der Waals surface area contributed by atoms with E-state index >= 15 is 0 Å². The van der Waals surface area contributed by atoms with Gasteiger partial charge in [-0.2, -0.15) is 0 Å². The molecule has 1 atom stereocenters. The second kappa shape index (κ2) is 4.50. The average molecular weight is 257 g/mol. The largest absolute Gasteiger partial charge is 0.469 e. The molecule has 16 heavy (non-hydrogen) atoms. The van der Waals surface area contributed by atoms with Crippen LogP contribution in [0.25, 0.3) is 0 Å². The summed E-state index contributed by atoms with van der Waals surface area (Å²) in [4.78, 5) is 0. The molecule has 0 saturated heterocycles. The molecular weight excluding hydrogens is 247 g/mol. The number of halogens is 2. The van der Waals surface area contributed by atoms with Gasteiger partial charge in [-0.15, -0.1) is 0 Å². The number of furan rings is 1. The Morgan fingerprint density at radius 3 is 2.44 bits per heavy atom. The molecule has 0 fully saturated rings. The van der Waals surface area contributed by atoms with Crippen LogP contribution in [0.3, 0.4) is 0 Å². The molecule has 1 unspecified atom stereocenters. The zero-order chi connectivity index (χ0) is 11.7. The Morgan fingerprint density at radius 2 is 1.88 bits per heavy atom. The summed E-state index contributed by atoms with van der Waals surface area (Å²) in [5.41, 5.74) is 1.39. The quantitative estimate of drug-likeness (QED) is 0.882. The second-order valence-electron chi connectivity index (χ2n) is 3.57. The van der Waals surface area contributed by atoms with Crippen LogP contribution in [-0.2, 0) is 0 Å². The summed E-state index contributed by atoms with van der Waals surface area (Å²) < 4.78 is 5.14. The summed E-state index contributed by atoms with van der Waals surface area (Å²) in [7, 11) is 0. The van der Waals surface area contributed by atoms with Crippen LogP contribution in [0, 0.1) is 6.92 Å². The van der Waals surface area contributed by atoms with Crippen LogP contribution in [0.5, 0.6) is 0 Å². The van der Waals surface area contributed by atoms with E-state index in [9.17, 15) is 5.11 Å². The number of aryl methyl sites for hydroxylation is 1. The van der Waals surface area contributed by atoms with E-state index in [0.717, 1.165) is 5.76 Å². The minimum atomic E-state index is -0.743. The van der Waals surface area contributed by atoms with Gasteiger partial charge in [-0.1, -0.05) is 29.3 Å². The van der Waals surface area contributed by atoms with Crippen molar-refractivity contribution < 1.29 is 9.52 Å². The van der Waals surface area contributed by atoms with Crippen molar-refractivity contribution in [2.45, 2.75) is 13.0 Å². The van der Waals surface area contributed by atoms with Crippen molar-refractivity contribution in [3.8, 4) is 0 Å². The highest BCUT2D eigenvalue weighted by Crippen LogP contribution is 2.29. The van der Waals surface area contributed by atoms with Gasteiger partial charge in [0.1, 0.15) is 11.9 Å². The van der Waals surface area contributed by atoms with E-state index in [-0.39, 0.29) is 0 Å². The molecule has 0 saturated carbocycles. The third-order valence-electron chi connectivity index (χ3n) is 2.33. The molecule has 2 rings (SSSR count). The highest BCUT2D eigenvalue weighted by molar-refractivity contribution is 6.42. The van der Waals surface area contributed by atoms with E-state index in [1.165, 1.54) is 6.26 Å². The maximum Gasteiger partial charge on any atom is 0.107 e. The molecule has 0 radical (unpaired) electrons. The number of hydrogen-bond acceptors (Lipinski definition) is 2. The van der Waals surface area contributed by atoms with Gasteiger partial charge in [-0.05, 0) is 30.7 Å². The molecule has 0 aliphatic carbocycles. The van der Waals surface area contributed by atoms with Crippen LogP contribution >= 0.6 is 23.2 Å². The molecule has 0 aliphatic heterocycles. The molecule has 4 heteroatoms. The molecule has 0 spiro atoms. The van der Waals surface area contributed by atoms with E-state index in [0.29, 0.717) is 21.2 Å². The van der Waals surface area contributed by atoms with Gasteiger partial charge in [0.2, 0.25) is 0 Å². The van der Waals surface area contributed by atoms with Gasteiger partial charge in [-0.25, -0.2) is 0 Å². The van der Waals surface area contributed by atoms with Crippen LogP contribution in [-0.4, -0.2) is 5.11 Å². The molecular formula is C12H10Cl2O2. The van der Waals surface area contributed by atoms with Crippen LogP contribution in [0.1, 0.15) is 23.0 Å². The fraction of sp³-hybridized carbons (Fsp3) is 0.167. The molecule has 1 aromatic heterocycles. The highest BCUT2D eigenvalue weighted by Gasteiger charge is 2.13. The highest BCUT2D eigenvalue weighted by atomic mass is 35.5. The molecule has 1 aromatic carbocycles. The van der Waals surface area contributed by atoms with Gasteiger partial charge in [0.05, 0.1) is 16.3 Å². The molecule has 0 aliphatic rings. The Hall–Kier alpha value is -0.960. The maximum absolute atomic E-state index is 10.1.